The van der Waals surface area contributed by atoms with Gasteiger partial charge in [0.2, 0.25) is 0 Å². The molecule has 0 bridgehead atoms. The van der Waals surface area contributed by atoms with Crippen LogP contribution in [0.5, 0.6) is 0 Å². The van der Waals surface area contributed by atoms with Crippen LogP contribution in [-0.2, 0) is 20.8 Å². The lowest BCUT2D eigenvalue weighted by molar-refractivity contribution is -0.139. The number of carbonyl (C=O) groups excluding carboxylic acids is 1. The SMILES string of the molecule is C/C(=C\C=C\NC(=O)NCC(C)C)c1nc(N)cc(C2(S(=O)(=O)c3ccccc3C(F)(F)F)CC2)n1. The maximum atomic E-state index is 13.5. The van der Waals surface area contributed by atoms with Gasteiger partial charge in [-0.25, -0.2) is 23.2 Å². The zero-order valence-electron chi connectivity index (χ0n) is 20.1. The van der Waals surface area contributed by atoms with Crippen LogP contribution in [0.1, 0.15) is 50.7 Å². The number of nitrogens with two attached hydrogens (primary N) is 1. The number of halogens is 3. The summed E-state index contributed by atoms with van der Waals surface area (Å²) in [5.41, 5.74) is 5.25. The lowest BCUT2D eigenvalue weighted by Crippen LogP contribution is -2.34. The standard InChI is InChI=1S/C24H28F3N5O3S/c1-15(2)14-30-22(33)29-12-6-7-16(3)21-31-19(13-20(28)32-21)23(10-11-23)36(34,35)18-9-5-4-8-17(18)24(25,26)27/h4-9,12-13,15H,10-11,14H2,1-3H3,(H2,28,31,32)(H2,29,30,33)/b12-6+,16-7+. The van der Waals surface area contributed by atoms with E-state index in [4.69, 9.17) is 5.73 Å². The van der Waals surface area contributed by atoms with Crippen LogP contribution in [0, 0.1) is 5.92 Å². The van der Waals surface area contributed by atoms with Crippen molar-refractivity contribution in [3.63, 3.8) is 0 Å². The number of rotatable bonds is 8. The number of hydrogen-bond donors (Lipinski definition) is 3. The monoisotopic (exact) mass is 523 g/mol. The van der Waals surface area contributed by atoms with Gasteiger partial charge in [0.25, 0.3) is 0 Å². The quantitative estimate of drug-likeness (QED) is 0.440. The third-order valence-electron chi connectivity index (χ3n) is 5.59. The Labute approximate surface area is 207 Å². The van der Waals surface area contributed by atoms with E-state index in [-0.39, 0.29) is 36.2 Å². The molecule has 1 saturated carbocycles. The minimum atomic E-state index is -4.83. The predicted octanol–water partition coefficient (Wildman–Crippen LogP) is 4.41. The zero-order chi connectivity index (χ0) is 26.7. The fourth-order valence-corrected chi connectivity index (χ4v) is 5.71. The Balaban J connectivity index is 1.89. The molecule has 2 amide bonds. The molecule has 194 valence electrons. The second kappa shape index (κ2) is 10.3. The Bertz CT molecular complexity index is 1300. The summed E-state index contributed by atoms with van der Waals surface area (Å²) >= 11 is 0. The van der Waals surface area contributed by atoms with Crippen molar-refractivity contribution in [3.05, 3.63) is 65.8 Å². The molecular formula is C24H28F3N5O3S. The number of nitrogen functional groups attached to an aromatic ring is 1. The molecule has 1 aromatic heterocycles. The molecular weight excluding hydrogens is 495 g/mol. The number of alkyl halides is 3. The summed E-state index contributed by atoms with van der Waals surface area (Å²) in [4.78, 5) is 19.4. The van der Waals surface area contributed by atoms with Gasteiger partial charge < -0.3 is 16.4 Å². The van der Waals surface area contributed by atoms with E-state index >= 15 is 0 Å². The van der Waals surface area contributed by atoms with Crippen molar-refractivity contribution in [3.8, 4) is 0 Å². The summed E-state index contributed by atoms with van der Waals surface area (Å²) in [6.07, 6.45) is -0.0761. The van der Waals surface area contributed by atoms with Crippen molar-refractivity contribution in [2.45, 2.75) is 49.4 Å². The summed E-state index contributed by atoms with van der Waals surface area (Å²) in [6.45, 7) is 6.11. The first-order valence-corrected chi connectivity index (χ1v) is 12.7. The lowest BCUT2D eigenvalue weighted by atomic mass is 10.2. The van der Waals surface area contributed by atoms with E-state index in [1.165, 1.54) is 18.3 Å². The van der Waals surface area contributed by atoms with Crippen LogP contribution in [0.3, 0.4) is 0 Å². The van der Waals surface area contributed by atoms with Gasteiger partial charge in [-0.15, -0.1) is 0 Å². The Morgan fingerprint density at radius 1 is 1.22 bits per heavy atom. The molecule has 0 atom stereocenters. The number of benzene rings is 1. The van der Waals surface area contributed by atoms with E-state index in [1.807, 2.05) is 13.8 Å². The summed E-state index contributed by atoms with van der Waals surface area (Å²) < 4.78 is 66.0. The van der Waals surface area contributed by atoms with E-state index in [0.29, 0.717) is 18.0 Å². The molecule has 0 radical (unpaired) electrons. The van der Waals surface area contributed by atoms with Crippen LogP contribution in [0.4, 0.5) is 23.8 Å². The molecule has 1 aliphatic rings. The van der Waals surface area contributed by atoms with Crippen molar-refractivity contribution >= 4 is 27.3 Å². The van der Waals surface area contributed by atoms with Crippen molar-refractivity contribution < 1.29 is 26.4 Å². The molecule has 12 heteroatoms. The van der Waals surface area contributed by atoms with Gasteiger partial charge >= 0.3 is 12.2 Å². The molecule has 8 nitrogen and oxygen atoms in total. The molecule has 0 saturated heterocycles. The van der Waals surface area contributed by atoms with E-state index in [2.05, 4.69) is 20.6 Å². The maximum absolute atomic E-state index is 13.5. The lowest BCUT2D eigenvalue weighted by Gasteiger charge is -2.20. The van der Waals surface area contributed by atoms with Gasteiger partial charge in [0, 0.05) is 18.8 Å². The molecule has 1 aliphatic carbocycles. The summed E-state index contributed by atoms with van der Waals surface area (Å²) in [6, 6.07) is 5.03. The molecule has 1 heterocycles. The van der Waals surface area contributed by atoms with Crippen molar-refractivity contribution in [1.82, 2.24) is 20.6 Å². The van der Waals surface area contributed by atoms with Crippen LogP contribution >= 0.6 is 0 Å². The first-order valence-electron chi connectivity index (χ1n) is 11.2. The van der Waals surface area contributed by atoms with Gasteiger partial charge in [-0.2, -0.15) is 13.2 Å². The molecule has 1 fully saturated rings. The topological polar surface area (TPSA) is 127 Å². The number of aromatic nitrogens is 2. The van der Waals surface area contributed by atoms with E-state index in [9.17, 15) is 26.4 Å². The van der Waals surface area contributed by atoms with Crippen LogP contribution in [0.15, 0.2) is 53.6 Å². The Morgan fingerprint density at radius 3 is 2.50 bits per heavy atom. The van der Waals surface area contributed by atoms with E-state index in [0.717, 1.165) is 18.2 Å². The average molecular weight is 524 g/mol. The van der Waals surface area contributed by atoms with Crippen LogP contribution in [0.2, 0.25) is 0 Å². The highest BCUT2D eigenvalue weighted by Gasteiger charge is 2.59. The second-order valence-electron chi connectivity index (χ2n) is 8.95. The van der Waals surface area contributed by atoms with E-state index in [1.54, 1.807) is 19.1 Å². The third kappa shape index (κ3) is 5.86. The van der Waals surface area contributed by atoms with Crippen LogP contribution in [0.25, 0.3) is 5.57 Å². The number of sulfone groups is 1. The second-order valence-corrected chi connectivity index (χ2v) is 11.2. The summed E-state index contributed by atoms with van der Waals surface area (Å²) in [5, 5.41) is 5.24. The number of nitrogens with one attached hydrogen (secondary N) is 2. The highest BCUT2D eigenvalue weighted by Crippen LogP contribution is 2.56. The summed E-state index contributed by atoms with van der Waals surface area (Å²) in [5.74, 6) is 0.422. The van der Waals surface area contributed by atoms with Gasteiger partial charge in [-0.3, -0.25) is 0 Å². The number of anilines is 1. The fraction of sp³-hybridized carbons (Fsp3) is 0.375. The van der Waals surface area contributed by atoms with Crippen molar-refractivity contribution in [2.75, 3.05) is 12.3 Å². The van der Waals surface area contributed by atoms with Gasteiger partial charge in [0.15, 0.2) is 15.7 Å². The summed E-state index contributed by atoms with van der Waals surface area (Å²) in [7, 11) is -4.45. The molecule has 1 aromatic carbocycles. The molecule has 0 aliphatic heterocycles. The number of nitrogens with zero attached hydrogens (tertiary/aromatic N) is 2. The minimum Gasteiger partial charge on any atom is -0.384 e. The zero-order valence-corrected chi connectivity index (χ0v) is 20.9. The maximum Gasteiger partial charge on any atom is 0.417 e. The van der Waals surface area contributed by atoms with Crippen LogP contribution < -0.4 is 16.4 Å². The average Bonchev–Trinajstić information content (AvgIpc) is 3.62. The third-order valence-corrected chi connectivity index (χ3v) is 8.17. The largest absolute Gasteiger partial charge is 0.417 e. The van der Waals surface area contributed by atoms with Crippen LogP contribution in [-0.4, -0.2) is 31.0 Å². The predicted molar refractivity (Wildman–Crippen MR) is 130 cm³/mol. The van der Waals surface area contributed by atoms with Gasteiger partial charge in [0.1, 0.15) is 10.6 Å². The molecule has 0 unspecified atom stereocenters. The number of urea groups is 1. The smallest absolute Gasteiger partial charge is 0.384 e. The highest BCUT2D eigenvalue weighted by molar-refractivity contribution is 7.92. The van der Waals surface area contributed by atoms with Gasteiger partial charge in [0.05, 0.1) is 16.2 Å². The molecule has 2 aromatic rings. The first kappa shape index (κ1) is 27.2. The Hall–Kier alpha value is -3.41. The van der Waals surface area contributed by atoms with Crippen molar-refractivity contribution in [1.29, 1.82) is 0 Å². The van der Waals surface area contributed by atoms with E-state index < -0.39 is 31.2 Å². The minimum absolute atomic E-state index is 0.0106. The Morgan fingerprint density at radius 2 is 1.89 bits per heavy atom. The number of allylic oxidation sites excluding steroid dienone is 3. The molecule has 3 rings (SSSR count). The number of carbonyl (C=O) groups is 1. The highest BCUT2D eigenvalue weighted by atomic mass is 32.2. The Kier molecular flexibility index (Phi) is 7.77. The van der Waals surface area contributed by atoms with Crippen molar-refractivity contribution in [2.24, 2.45) is 5.92 Å². The normalized spacial score (nSPS) is 15.8. The molecule has 36 heavy (non-hydrogen) atoms. The molecule has 0 spiro atoms. The van der Waals surface area contributed by atoms with Gasteiger partial charge in [-0.05, 0) is 49.5 Å². The number of hydrogen-bond acceptors (Lipinski definition) is 6. The number of amides is 2. The molecule has 4 N–H and O–H groups in total. The fourth-order valence-electron chi connectivity index (χ4n) is 3.54. The first-order chi connectivity index (χ1) is 16.8. The van der Waals surface area contributed by atoms with Gasteiger partial charge in [-0.1, -0.05) is 32.1 Å².